The summed E-state index contributed by atoms with van der Waals surface area (Å²) in [5, 5.41) is 0. The maximum atomic E-state index is 6.30. The summed E-state index contributed by atoms with van der Waals surface area (Å²) in [7, 11) is 0. The lowest BCUT2D eigenvalue weighted by molar-refractivity contribution is 1.29. The molecule has 2 aromatic carbocycles. The fourth-order valence-corrected chi connectivity index (χ4v) is 3.52. The van der Waals surface area contributed by atoms with Crippen molar-refractivity contribution in [2.24, 2.45) is 0 Å². The van der Waals surface area contributed by atoms with Gasteiger partial charge < -0.3 is 11.5 Å². The second-order valence-electron chi connectivity index (χ2n) is 5.18. The van der Waals surface area contributed by atoms with Crippen LogP contribution in [0, 0.1) is 27.7 Å². The highest BCUT2D eigenvalue weighted by molar-refractivity contribution is 9.11. The van der Waals surface area contributed by atoms with E-state index < -0.39 is 0 Å². The van der Waals surface area contributed by atoms with Gasteiger partial charge in [-0.1, -0.05) is 0 Å². The lowest BCUT2D eigenvalue weighted by Gasteiger charge is -2.20. The molecule has 0 spiro atoms. The summed E-state index contributed by atoms with van der Waals surface area (Å²) in [6, 6.07) is 4.09. The smallest absolute Gasteiger partial charge is 0.0541 e. The highest BCUT2D eigenvalue weighted by Crippen LogP contribution is 2.44. The van der Waals surface area contributed by atoms with Crippen LogP contribution >= 0.6 is 31.9 Å². The van der Waals surface area contributed by atoms with Crippen LogP contribution in [0.5, 0.6) is 0 Å². The molecule has 0 aliphatic carbocycles. The summed E-state index contributed by atoms with van der Waals surface area (Å²) in [5.74, 6) is 0. The van der Waals surface area contributed by atoms with Gasteiger partial charge in [0.25, 0.3) is 0 Å². The molecular weight excluding hydrogens is 380 g/mol. The summed E-state index contributed by atoms with van der Waals surface area (Å²) < 4.78 is 1.82. The third kappa shape index (κ3) is 2.35. The molecule has 2 nitrogen and oxygen atoms in total. The average Bonchev–Trinajstić information content (AvgIpc) is 2.38. The van der Waals surface area contributed by atoms with Crippen LogP contribution in [0.3, 0.4) is 0 Å². The molecule has 0 fully saturated rings. The molecule has 0 atom stereocenters. The summed E-state index contributed by atoms with van der Waals surface area (Å²) in [6.45, 7) is 8.34. The summed E-state index contributed by atoms with van der Waals surface area (Å²) >= 11 is 7.07. The second-order valence-corrected chi connectivity index (χ2v) is 6.89. The molecule has 0 heterocycles. The number of benzene rings is 2. The molecule has 4 heteroatoms. The molecule has 0 aromatic heterocycles. The van der Waals surface area contributed by atoms with Gasteiger partial charge in [0.15, 0.2) is 0 Å². The van der Waals surface area contributed by atoms with E-state index in [1.807, 2.05) is 12.1 Å². The lowest BCUT2D eigenvalue weighted by atomic mass is 9.89. The van der Waals surface area contributed by atoms with Crippen LogP contribution in [0.4, 0.5) is 11.4 Å². The van der Waals surface area contributed by atoms with Gasteiger partial charge in [0.1, 0.15) is 0 Å². The minimum atomic E-state index is 0.736. The van der Waals surface area contributed by atoms with Gasteiger partial charge >= 0.3 is 0 Å². The van der Waals surface area contributed by atoms with Crippen LogP contribution in [0.1, 0.15) is 22.3 Å². The predicted octanol–water partition coefficient (Wildman–Crippen LogP) is 5.28. The van der Waals surface area contributed by atoms with Crippen molar-refractivity contribution in [3.8, 4) is 11.1 Å². The summed E-state index contributed by atoms with van der Waals surface area (Å²) in [4.78, 5) is 0. The van der Waals surface area contributed by atoms with Crippen molar-refractivity contribution in [1.29, 1.82) is 0 Å². The van der Waals surface area contributed by atoms with E-state index in [1.54, 1.807) is 0 Å². The number of aryl methyl sites for hydroxylation is 2. The Morgan fingerprint density at radius 2 is 1.00 bits per heavy atom. The van der Waals surface area contributed by atoms with Gasteiger partial charge in [0.05, 0.1) is 11.4 Å². The first-order valence-electron chi connectivity index (χ1n) is 6.36. The molecule has 0 saturated heterocycles. The standard InChI is InChI=1S/C16H18Br2N2/c1-7-5-11(17)15(19)13(9(7)3)14-10(4)8(2)6-12(18)16(14)20/h5-6H,19-20H2,1-4H3. The molecule has 2 rings (SSSR count). The minimum absolute atomic E-state index is 0.736. The Hall–Kier alpha value is -1.00. The first-order chi connectivity index (χ1) is 9.25. The first kappa shape index (κ1) is 15.4. The topological polar surface area (TPSA) is 52.0 Å². The van der Waals surface area contributed by atoms with Gasteiger partial charge in [-0.05, 0) is 93.9 Å². The number of hydrogen-bond acceptors (Lipinski definition) is 2. The van der Waals surface area contributed by atoms with Gasteiger partial charge in [-0.2, -0.15) is 0 Å². The molecule has 2 aromatic rings. The highest BCUT2D eigenvalue weighted by atomic mass is 79.9. The molecule has 0 aliphatic rings. The number of halogens is 2. The Morgan fingerprint density at radius 1 is 0.700 bits per heavy atom. The van der Waals surface area contributed by atoms with E-state index in [9.17, 15) is 0 Å². The van der Waals surface area contributed by atoms with E-state index in [2.05, 4.69) is 59.6 Å². The molecular formula is C16H18Br2N2. The van der Waals surface area contributed by atoms with Gasteiger partial charge in [-0.15, -0.1) is 0 Å². The fraction of sp³-hybridized carbons (Fsp3) is 0.250. The van der Waals surface area contributed by atoms with Crippen molar-refractivity contribution >= 4 is 43.2 Å². The number of nitrogen functional groups attached to an aromatic ring is 2. The van der Waals surface area contributed by atoms with E-state index in [1.165, 1.54) is 11.1 Å². The molecule has 4 N–H and O–H groups in total. The Balaban J connectivity index is 2.96. The largest absolute Gasteiger partial charge is 0.397 e. The zero-order valence-corrected chi connectivity index (χ0v) is 15.2. The quantitative estimate of drug-likeness (QED) is 0.643. The van der Waals surface area contributed by atoms with Crippen LogP contribution in [0.2, 0.25) is 0 Å². The molecule has 0 unspecified atom stereocenters. The fourth-order valence-electron chi connectivity index (χ4n) is 2.43. The zero-order chi connectivity index (χ0) is 15.2. The molecule has 0 aliphatic heterocycles. The van der Waals surface area contributed by atoms with Gasteiger partial charge in [-0.25, -0.2) is 0 Å². The molecule has 106 valence electrons. The minimum Gasteiger partial charge on any atom is -0.397 e. The van der Waals surface area contributed by atoms with E-state index in [0.717, 1.165) is 42.6 Å². The van der Waals surface area contributed by atoms with Crippen LogP contribution in [-0.4, -0.2) is 0 Å². The molecule has 0 bridgehead atoms. The van der Waals surface area contributed by atoms with Crippen molar-refractivity contribution in [1.82, 2.24) is 0 Å². The SMILES string of the molecule is Cc1cc(Br)c(N)c(-c2c(C)c(C)cc(Br)c2N)c1C. The summed E-state index contributed by atoms with van der Waals surface area (Å²) in [6.07, 6.45) is 0. The Labute approximate surface area is 136 Å². The predicted molar refractivity (Wildman–Crippen MR) is 95.1 cm³/mol. The zero-order valence-electron chi connectivity index (χ0n) is 12.1. The van der Waals surface area contributed by atoms with E-state index in [4.69, 9.17) is 11.5 Å². The van der Waals surface area contributed by atoms with Crippen molar-refractivity contribution in [2.75, 3.05) is 11.5 Å². The van der Waals surface area contributed by atoms with Gasteiger partial charge in [-0.3, -0.25) is 0 Å². The average molecular weight is 398 g/mol. The Morgan fingerprint density at radius 3 is 1.30 bits per heavy atom. The number of hydrogen-bond donors (Lipinski definition) is 2. The van der Waals surface area contributed by atoms with Gasteiger partial charge in [0.2, 0.25) is 0 Å². The number of rotatable bonds is 1. The third-order valence-corrected chi connectivity index (χ3v) is 5.23. The highest BCUT2D eigenvalue weighted by Gasteiger charge is 2.19. The molecule has 0 radical (unpaired) electrons. The Bertz CT molecular complexity index is 593. The van der Waals surface area contributed by atoms with E-state index in [0.29, 0.717) is 0 Å². The van der Waals surface area contributed by atoms with Crippen LogP contribution in [0.25, 0.3) is 11.1 Å². The Kier molecular flexibility index (Phi) is 4.17. The van der Waals surface area contributed by atoms with E-state index in [-0.39, 0.29) is 0 Å². The van der Waals surface area contributed by atoms with Crippen LogP contribution in [0.15, 0.2) is 21.1 Å². The maximum Gasteiger partial charge on any atom is 0.0541 e. The third-order valence-electron chi connectivity index (χ3n) is 3.92. The van der Waals surface area contributed by atoms with Crippen molar-refractivity contribution in [3.63, 3.8) is 0 Å². The lowest BCUT2D eigenvalue weighted by Crippen LogP contribution is -2.03. The van der Waals surface area contributed by atoms with E-state index >= 15 is 0 Å². The van der Waals surface area contributed by atoms with Crippen molar-refractivity contribution in [2.45, 2.75) is 27.7 Å². The first-order valence-corrected chi connectivity index (χ1v) is 7.95. The van der Waals surface area contributed by atoms with Crippen LogP contribution in [-0.2, 0) is 0 Å². The van der Waals surface area contributed by atoms with Crippen LogP contribution < -0.4 is 11.5 Å². The molecule has 0 saturated carbocycles. The van der Waals surface area contributed by atoms with Crippen molar-refractivity contribution < 1.29 is 0 Å². The summed E-state index contributed by atoms with van der Waals surface area (Å²) in [5.41, 5.74) is 20.8. The maximum absolute atomic E-state index is 6.30. The second kappa shape index (κ2) is 5.41. The molecule has 0 amide bonds. The van der Waals surface area contributed by atoms with Gasteiger partial charge in [0, 0.05) is 20.1 Å². The molecule has 20 heavy (non-hydrogen) atoms. The monoisotopic (exact) mass is 396 g/mol. The van der Waals surface area contributed by atoms with Crippen molar-refractivity contribution in [3.05, 3.63) is 43.3 Å². The number of anilines is 2. The normalized spacial score (nSPS) is 10.9. The number of nitrogens with two attached hydrogens (primary N) is 2.